The lowest BCUT2D eigenvalue weighted by atomic mass is 9.79. The molecular formula is C14H13F11O2. The number of halogens is 11. The maximum absolute atomic E-state index is 13.8. The molecule has 1 fully saturated rings. The molecule has 0 amide bonds. The van der Waals surface area contributed by atoms with Crippen LogP contribution in [0.3, 0.4) is 0 Å². The fourth-order valence-electron chi connectivity index (χ4n) is 2.50. The van der Waals surface area contributed by atoms with Gasteiger partial charge in [0, 0.05) is 5.92 Å². The molecule has 0 heterocycles. The third-order valence-electron chi connectivity index (χ3n) is 4.16. The van der Waals surface area contributed by atoms with Gasteiger partial charge in [0.2, 0.25) is 0 Å². The molecule has 27 heavy (non-hydrogen) atoms. The van der Waals surface area contributed by atoms with Crippen molar-refractivity contribution in [3.05, 3.63) is 12.2 Å². The Balaban J connectivity index is 2.78. The molecule has 1 aliphatic carbocycles. The Morgan fingerprint density at radius 3 is 1.70 bits per heavy atom. The lowest BCUT2D eigenvalue weighted by Gasteiger charge is -2.39. The van der Waals surface area contributed by atoms with Crippen molar-refractivity contribution in [1.29, 1.82) is 0 Å². The van der Waals surface area contributed by atoms with E-state index in [1.807, 2.05) is 0 Å². The first kappa shape index (κ1) is 23.5. The second-order valence-electron chi connectivity index (χ2n) is 5.98. The Labute approximate surface area is 145 Å². The first-order valence-electron chi connectivity index (χ1n) is 7.35. The summed E-state index contributed by atoms with van der Waals surface area (Å²) < 4.78 is 145. The van der Waals surface area contributed by atoms with Gasteiger partial charge in [0.25, 0.3) is 0 Å². The van der Waals surface area contributed by atoms with Gasteiger partial charge in [-0.25, -0.2) is 13.6 Å². The summed E-state index contributed by atoms with van der Waals surface area (Å²) in [5.41, 5.74) is -1.88. The van der Waals surface area contributed by atoms with Crippen molar-refractivity contribution in [2.45, 2.75) is 62.2 Å². The molecule has 0 aliphatic heterocycles. The van der Waals surface area contributed by atoms with Gasteiger partial charge in [0.05, 0.1) is 0 Å². The molecule has 0 radical (unpaired) electrons. The zero-order valence-corrected chi connectivity index (χ0v) is 13.2. The number of hydrogen-bond donors (Lipinski definition) is 0. The van der Waals surface area contributed by atoms with Crippen LogP contribution in [0.2, 0.25) is 0 Å². The van der Waals surface area contributed by atoms with E-state index in [-0.39, 0.29) is 0 Å². The van der Waals surface area contributed by atoms with Crippen LogP contribution in [-0.4, -0.2) is 42.4 Å². The van der Waals surface area contributed by atoms with Crippen LogP contribution in [0.1, 0.15) is 25.7 Å². The summed E-state index contributed by atoms with van der Waals surface area (Å²) in [4.78, 5) is 11.2. The summed E-state index contributed by atoms with van der Waals surface area (Å²) >= 11 is 0. The molecule has 0 N–H and O–H groups in total. The highest BCUT2D eigenvalue weighted by atomic mass is 19.4. The second kappa shape index (κ2) is 7.46. The predicted octanol–water partition coefficient (Wildman–Crippen LogP) is 5.38. The minimum atomic E-state index is -6.35. The van der Waals surface area contributed by atoms with E-state index >= 15 is 0 Å². The van der Waals surface area contributed by atoms with Crippen LogP contribution in [0.25, 0.3) is 0 Å². The maximum atomic E-state index is 13.8. The SMILES string of the molecule is C=C(C(=O)OC1CCC(C(F)(F)C(F)(F)C(F)(F)C(F)F)CC1)C(F)(F)F. The largest absolute Gasteiger partial charge is 0.459 e. The third-order valence-corrected chi connectivity index (χ3v) is 4.16. The molecule has 1 saturated carbocycles. The monoisotopic (exact) mass is 422 g/mol. The highest BCUT2D eigenvalue weighted by Gasteiger charge is 2.76. The number of carbonyl (C=O) groups excluding carboxylic acids is 1. The molecule has 0 aromatic heterocycles. The van der Waals surface area contributed by atoms with Gasteiger partial charge < -0.3 is 4.74 Å². The van der Waals surface area contributed by atoms with Gasteiger partial charge in [0.1, 0.15) is 11.7 Å². The fraction of sp³-hybridized carbons (Fsp3) is 0.786. The van der Waals surface area contributed by atoms with Gasteiger partial charge in [-0.2, -0.15) is 39.5 Å². The van der Waals surface area contributed by atoms with Crippen LogP contribution < -0.4 is 0 Å². The van der Waals surface area contributed by atoms with Gasteiger partial charge in [0.15, 0.2) is 0 Å². The summed E-state index contributed by atoms with van der Waals surface area (Å²) in [6.07, 6.45) is -14.7. The Bertz CT molecular complexity index is 560. The highest BCUT2D eigenvalue weighted by Crippen LogP contribution is 2.54. The normalized spacial score (nSPS) is 22.7. The quantitative estimate of drug-likeness (QED) is 0.327. The number of hydrogen-bond acceptors (Lipinski definition) is 2. The molecule has 13 heteroatoms. The van der Waals surface area contributed by atoms with Crippen molar-refractivity contribution in [2.75, 3.05) is 0 Å². The number of alkyl halides is 11. The molecule has 0 bridgehead atoms. The third kappa shape index (κ3) is 4.48. The molecule has 0 spiro atoms. The summed E-state index contributed by atoms with van der Waals surface area (Å²) in [5.74, 6) is -22.5. The van der Waals surface area contributed by atoms with Crippen LogP contribution in [0.5, 0.6) is 0 Å². The Morgan fingerprint density at radius 2 is 1.33 bits per heavy atom. The van der Waals surface area contributed by atoms with Gasteiger partial charge in [-0.05, 0) is 25.7 Å². The lowest BCUT2D eigenvalue weighted by molar-refractivity contribution is -0.352. The topological polar surface area (TPSA) is 26.3 Å². The van der Waals surface area contributed by atoms with Crippen LogP contribution in [0, 0.1) is 5.92 Å². The number of carbonyl (C=O) groups is 1. The van der Waals surface area contributed by atoms with Crippen molar-refractivity contribution in [2.24, 2.45) is 5.92 Å². The van der Waals surface area contributed by atoms with E-state index < -0.39 is 79.6 Å². The molecule has 2 nitrogen and oxygen atoms in total. The van der Waals surface area contributed by atoms with Crippen molar-refractivity contribution in [3.63, 3.8) is 0 Å². The standard InChI is InChI=1S/C14H13F11O2/c1-6(13(21,22)23)9(26)27-8-4-2-7(3-5-8)11(17,18)14(24,25)12(19,20)10(15)16/h7-8,10H,1-5H2. The van der Waals surface area contributed by atoms with E-state index in [1.54, 1.807) is 0 Å². The Kier molecular flexibility index (Phi) is 6.48. The van der Waals surface area contributed by atoms with E-state index in [1.165, 1.54) is 0 Å². The Hall–Kier alpha value is -1.56. The molecule has 1 rings (SSSR count). The molecule has 0 saturated heterocycles. The number of rotatable bonds is 6. The van der Waals surface area contributed by atoms with Crippen LogP contribution >= 0.6 is 0 Å². The van der Waals surface area contributed by atoms with E-state index in [9.17, 15) is 53.1 Å². The summed E-state index contributed by atoms with van der Waals surface area (Å²) in [7, 11) is 0. The number of ether oxygens (including phenoxy) is 1. The summed E-state index contributed by atoms with van der Waals surface area (Å²) in [5, 5.41) is 0. The van der Waals surface area contributed by atoms with Gasteiger partial charge in [-0.1, -0.05) is 6.58 Å². The Morgan fingerprint density at radius 1 is 0.889 bits per heavy atom. The minimum Gasteiger partial charge on any atom is -0.459 e. The zero-order chi connectivity index (χ0) is 21.4. The molecular weight excluding hydrogens is 409 g/mol. The van der Waals surface area contributed by atoms with Crippen LogP contribution in [0.4, 0.5) is 48.3 Å². The first-order chi connectivity index (χ1) is 12.0. The fourth-order valence-corrected chi connectivity index (χ4v) is 2.50. The van der Waals surface area contributed by atoms with Crippen molar-refractivity contribution in [3.8, 4) is 0 Å². The molecule has 0 aromatic carbocycles. The first-order valence-corrected chi connectivity index (χ1v) is 7.35. The predicted molar refractivity (Wildman–Crippen MR) is 67.9 cm³/mol. The van der Waals surface area contributed by atoms with Gasteiger partial charge >= 0.3 is 36.3 Å². The number of esters is 1. The average molecular weight is 422 g/mol. The van der Waals surface area contributed by atoms with Crippen LogP contribution in [0.15, 0.2) is 12.2 Å². The average Bonchev–Trinajstić information content (AvgIpc) is 2.53. The highest BCUT2D eigenvalue weighted by molar-refractivity contribution is 5.89. The molecule has 1 aliphatic rings. The molecule has 158 valence electrons. The van der Waals surface area contributed by atoms with Gasteiger partial charge in [-0.15, -0.1) is 0 Å². The minimum absolute atomic E-state index is 0.645. The summed E-state index contributed by atoms with van der Waals surface area (Å²) in [6, 6.07) is 0. The summed E-state index contributed by atoms with van der Waals surface area (Å²) in [6.45, 7) is 2.45. The lowest BCUT2D eigenvalue weighted by Crippen LogP contribution is -2.60. The molecule has 0 aromatic rings. The van der Waals surface area contributed by atoms with Crippen molar-refractivity contribution >= 4 is 5.97 Å². The van der Waals surface area contributed by atoms with E-state index in [4.69, 9.17) is 0 Å². The smallest absolute Gasteiger partial charge is 0.422 e. The molecule has 0 unspecified atom stereocenters. The van der Waals surface area contributed by atoms with E-state index in [0.29, 0.717) is 0 Å². The van der Waals surface area contributed by atoms with Gasteiger partial charge in [-0.3, -0.25) is 0 Å². The van der Waals surface area contributed by atoms with Crippen molar-refractivity contribution in [1.82, 2.24) is 0 Å². The van der Waals surface area contributed by atoms with Crippen LogP contribution in [-0.2, 0) is 9.53 Å². The molecule has 0 atom stereocenters. The second-order valence-corrected chi connectivity index (χ2v) is 5.98. The van der Waals surface area contributed by atoms with E-state index in [0.717, 1.165) is 0 Å². The van der Waals surface area contributed by atoms with E-state index in [2.05, 4.69) is 11.3 Å². The van der Waals surface area contributed by atoms with Crippen molar-refractivity contribution < 1.29 is 57.8 Å². The maximum Gasteiger partial charge on any atom is 0.422 e. The zero-order valence-electron chi connectivity index (χ0n) is 13.2.